The fourth-order valence-corrected chi connectivity index (χ4v) is 6.52. The van der Waals surface area contributed by atoms with Crippen LogP contribution in [0.25, 0.3) is 10.9 Å². The number of aliphatic carboxylic acids is 1. The number of carboxylic acids is 1. The van der Waals surface area contributed by atoms with Gasteiger partial charge in [-0.25, -0.2) is 4.98 Å². The molecule has 0 aliphatic carbocycles. The lowest BCUT2D eigenvalue weighted by molar-refractivity contribution is -0.138. The number of aromatic nitrogens is 1. The number of alkyl halides is 3. The summed E-state index contributed by atoms with van der Waals surface area (Å²) < 4.78 is 42.1. The smallest absolute Gasteiger partial charge is 0.416 e. The van der Waals surface area contributed by atoms with Crippen LogP contribution in [0, 0.1) is 18.3 Å². The Morgan fingerprint density at radius 3 is 2.40 bits per heavy atom. The van der Waals surface area contributed by atoms with Gasteiger partial charge >= 0.3 is 12.1 Å². The number of hydrogen-bond acceptors (Lipinski definition) is 4. The molecule has 0 spiro atoms. The van der Waals surface area contributed by atoms with Gasteiger partial charge in [0.25, 0.3) is 5.91 Å². The van der Waals surface area contributed by atoms with E-state index in [0.29, 0.717) is 16.5 Å². The second-order valence-corrected chi connectivity index (χ2v) is 13.1. The summed E-state index contributed by atoms with van der Waals surface area (Å²) in [6, 6.07) is 11.1. The van der Waals surface area contributed by atoms with Crippen molar-refractivity contribution >= 4 is 44.5 Å². The maximum absolute atomic E-state index is 14.0. The number of pyridine rings is 1. The molecule has 2 heterocycles. The first-order valence-electron chi connectivity index (χ1n) is 14.8. The summed E-state index contributed by atoms with van der Waals surface area (Å²) in [5.41, 5.74) is 0.668. The van der Waals surface area contributed by atoms with Gasteiger partial charge in [0.1, 0.15) is 5.82 Å². The first-order valence-corrected chi connectivity index (χ1v) is 15.6. The molecule has 232 valence electrons. The average molecular weight is 663 g/mol. The Balaban J connectivity index is 1.65. The van der Waals surface area contributed by atoms with Gasteiger partial charge in [-0.2, -0.15) is 13.2 Å². The average Bonchev–Trinajstić information content (AvgIpc) is 3.21. The molecule has 1 aliphatic heterocycles. The zero-order valence-electron chi connectivity index (χ0n) is 24.9. The number of nitrogens with zero attached hydrogens (tertiary/aromatic N) is 2. The summed E-state index contributed by atoms with van der Waals surface area (Å²) in [5, 5.41) is 13.2. The van der Waals surface area contributed by atoms with Crippen molar-refractivity contribution in [1.82, 2.24) is 10.3 Å². The van der Waals surface area contributed by atoms with Gasteiger partial charge < -0.3 is 15.3 Å². The molecule has 0 radical (unpaired) electrons. The molecule has 6 nitrogen and oxygen atoms in total. The molecule has 4 rings (SSSR count). The fourth-order valence-electron chi connectivity index (χ4n) is 6.16. The van der Waals surface area contributed by atoms with E-state index in [2.05, 4.69) is 26.1 Å². The van der Waals surface area contributed by atoms with Gasteiger partial charge in [-0.1, -0.05) is 60.8 Å². The fraction of sp³-hybridized carbons (Fsp3) is 0.485. The Kier molecular flexibility index (Phi) is 10.4. The van der Waals surface area contributed by atoms with Gasteiger partial charge in [-0.05, 0) is 73.8 Å². The number of anilines is 1. The quantitative estimate of drug-likeness (QED) is 0.229. The van der Waals surface area contributed by atoms with E-state index in [1.54, 1.807) is 6.07 Å². The van der Waals surface area contributed by atoms with Crippen molar-refractivity contribution in [2.24, 2.45) is 11.3 Å². The molecule has 1 aliphatic rings. The van der Waals surface area contributed by atoms with Crippen LogP contribution in [0.2, 0.25) is 0 Å². The summed E-state index contributed by atoms with van der Waals surface area (Å²) >= 11 is 3.51. The van der Waals surface area contributed by atoms with E-state index < -0.39 is 29.0 Å². The van der Waals surface area contributed by atoms with Crippen LogP contribution in [-0.4, -0.2) is 41.6 Å². The number of halogens is 4. The van der Waals surface area contributed by atoms with Crippen molar-refractivity contribution in [3.8, 4) is 0 Å². The van der Waals surface area contributed by atoms with Gasteiger partial charge in [-0.15, -0.1) is 0 Å². The monoisotopic (exact) mass is 661 g/mol. The number of carbonyl (C=O) groups is 2. The number of rotatable bonds is 10. The van der Waals surface area contributed by atoms with Crippen LogP contribution in [0.4, 0.5) is 19.0 Å². The molecular weight excluding hydrogens is 623 g/mol. The Bertz CT molecular complexity index is 1470. The van der Waals surface area contributed by atoms with E-state index in [-0.39, 0.29) is 37.3 Å². The Hall–Kier alpha value is -3.14. The normalized spacial score (nSPS) is 15.3. The van der Waals surface area contributed by atoms with E-state index in [1.165, 1.54) is 12.1 Å². The van der Waals surface area contributed by atoms with E-state index in [1.807, 2.05) is 39.0 Å². The standard InChI is InChI=1S/C33H39BrF3N3O3/c1-21-29(25-18-24(34)13-14-27(25)39-30(21)40-16-8-4-5-9-17-40)31(43)38-20-23(12-15-28(41)42)32(2,3)19-22-10-6-7-11-26(22)33(35,36)37/h6-7,10-11,13-14,18,23H,4-5,8-9,12,15-17,19-20H2,1-3H3,(H,38,43)(H,41,42). The number of nitrogens with one attached hydrogen (secondary N) is 1. The highest BCUT2D eigenvalue weighted by molar-refractivity contribution is 9.10. The van der Waals surface area contributed by atoms with Gasteiger partial charge in [0.05, 0.1) is 16.6 Å². The minimum absolute atomic E-state index is 0.0755. The van der Waals surface area contributed by atoms with E-state index in [4.69, 9.17) is 4.98 Å². The number of fused-ring (bicyclic) bond motifs is 1. The lowest BCUT2D eigenvalue weighted by Gasteiger charge is -2.35. The summed E-state index contributed by atoms with van der Waals surface area (Å²) in [6.45, 7) is 7.41. The highest BCUT2D eigenvalue weighted by Crippen LogP contribution is 2.39. The topological polar surface area (TPSA) is 82.5 Å². The molecule has 1 aromatic heterocycles. The molecule has 1 fully saturated rings. The zero-order chi connectivity index (χ0) is 31.4. The number of carbonyl (C=O) groups excluding carboxylic acids is 1. The number of hydrogen-bond donors (Lipinski definition) is 2. The van der Waals surface area contributed by atoms with Crippen LogP contribution >= 0.6 is 15.9 Å². The van der Waals surface area contributed by atoms with Crippen LogP contribution in [0.1, 0.15) is 79.4 Å². The molecule has 10 heteroatoms. The zero-order valence-corrected chi connectivity index (χ0v) is 26.4. The Labute approximate surface area is 259 Å². The van der Waals surface area contributed by atoms with Crippen LogP contribution in [0.3, 0.4) is 0 Å². The molecule has 1 saturated heterocycles. The lowest BCUT2D eigenvalue weighted by Crippen LogP contribution is -2.38. The predicted octanol–water partition coefficient (Wildman–Crippen LogP) is 8.18. The second kappa shape index (κ2) is 13.7. The molecule has 2 aromatic carbocycles. The van der Waals surface area contributed by atoms with E-state index in [9.17, 15) is 27.9 Å². The predicted molar refractivity (Wildman–Crippen MR) is 166 cm³/mol. The Morgan fingerprint density at radius 2 is 1.74 bits per heavy atom. The highest BCUT2D eigenvalue weighted by Gasteiger charge is 2.37. The van der Waals surface area contributed by atoms with Gasteiger partial charge in [0.2, 0.25) is 0 Å². The third-order valence-corrected chi connectivity index (χ3v) is 9.08. The minimum atomic E-state index is -4.50. The molecule has 2 N–H and O–H groups in total. The maximum Gasteiger partial charge on any atom is 0.416 e. The largest absolute Gasteiger partial charge is 0.481 e. The highest BCUT2D eigenvalue weighted by atomic mass is 79.9. The summed E-state index contributed by atoms with van der Waals surface area (Å²) in [4.78, 5) is 32.7. The SMILES string of the molecule is Cc1c(N2CCCCCC2)nc2ccc(Br)cc2c1C(=O)NCC(CCC(=O)O)C(C)(C)Cc1ccccc1C(F)(F)F. The first-order chi connectivity index (χ1) is 20.3. The van der Waals surface area contributed by atoms with Crippen LogP contribution in [-0.2, 0) is 17.4 Å². The van der Waals surface area contributed by atoms with Crippen molar-refractivity contribution in [1.29, 1.82) is 0 Å². The van der Waals surface area contributed by atoms with Crippen molar-refractivity contribution < 1.29 is 27.9 Å². The molecule has 1 unspecified atom stereocenters. The second-order valence-electron chi connectivity index (χ2n) is 12.2. The van der Waals surface area contributed by atoms with Gasteiger partial charge in [0.15, 0.2) is 0 Å². The molecule has 1 amide bonds. The first kappa shape index (κ1) is 32.8. The molecule has 43 heavy (non-hydrogen) atoms. The van der Waals surface area contributed by atoms with Crippen LogP contribution in [0.5, 0.6) is 0 Å². The summed E-state index contributed by atoms with van der Waals surface area (Å²) in [5.74, 6) is -0.927. The number of carboxylic acid groups (broad SMARTS) is 1. The summed E-state index contributed by atoms with van der Waals surface area (Å²) in [6.07, 6.45) is 0.0425. The molecular formula is C33H39BrF3N3O3. The Morgan fingerprint density at radius 1 is 1.07 bits per heavy atom. The van der Waals surface area contributed by atoms with Gasteiger partial charge in [-0.3, -0.25) is 9.59 Å². The van der Waals surface area contributed by atoms with Crippen molar-refractivity contribution in [3.63, 3.8) is 0 Å². The van der Waals surface area contributed by atoms with Crippen LogP contribution < -0.4 is 10.2 Å². The molecule has 1 atom stereocenters. The number of benzene rings is 2. The lowest BCUT2D eigenvalue weighted by atomic mass is 9.71. The maximum atomic E-state index is 14.0. The minimum Gasteiger partial charge on any atom is -0.481 e. The van der Waals surface area contributed by atoms with Crippen molar-refractivity contribution in [2.45, 2.75) is 71.9 Å². The van der Waals surface area contributed by atoms with Gasteiger partial charge in [0, 0.05) is 41.5 Å². The third-order valence-electron chi connectivity index (χ3n) is 8.59. The molecule has 3 aromatic rings. The van der Waals surface area contributed by atoms with Crippen molar-refractivity contribution in [2.75, 3.05) is 24.5 Å². The van der Waals surface area contributed by atoms with E-state index in [0.717, 1.165) is 60.7 Å². The van der Waals surface area contributed by atoms with E-state index >= 15 is 0 Å². The van der Waals surface area contributed by atoms with Crippen LogP contribution in [0.15, 0.2) is 46.9 Å². The third kappa shape index (κ3) is 8.08. The molecule has 0 saturated carbocycles. The number of amides is 1. The summed E-state index contributed by atoms with van der Waals surface area (Å²) in [7, 11) is 0. The van der Waals surface area contributed by atoms with Crippen molar-refractivity contribution in [3.05, 3.63) is 69.2 Å². The molecule has 0 bridgehead atoms.